The maximum Gasteiger partial charge on any atom is 0.391 e. The first kappa shape index (κ1) is 21.7. The summed E-state index contributed by atoms with van der Waals surface area (Å²) in [6, 6.07) is 16.7. The molecule has 2 aromatic rings. The summed E-state index contributed by atoms with van der Waals surface area (Å²) in [5.41, 5.74) is 6.18. The molecule has 0 bridgehead atoms. The highest BCUT2D eigenvalue weighted by molar-refractivity contribution is 5.84. The van der Waals surface area contributed by atoms with Crippen LogP contribution in [0, 0.1) is 11.8 Å². The Morgan fingerprint density at radius 3 is 2.40 bits per heavy atom. The molecule has 2 aromatic carbocycles. The molecule has 0 spiro atoms. The molecular formula is C22H23F3N2O3. The summed E-state index contributed by atoms with van der Waals surface area (Å²) < 4.78 is 44.3. The number of hydrogen-bond donors (Lipinski definition) is 2. The number of hydrazine groups is 1. The van der Waals surface area contributed by atoms with Crippen LogP contribution in [-0.4, -0.2) is 24.6 Å². The normalized spacial score (nSPS) is 19.0. The Labute approximate surface area is 172 Å². The Morgan fingerprint density at radius 2 is 1.67 bits per heavy atom. The number of alkyl halides is 3. The number of ether oxygens (including phenoxy) is 1. The van der Waals surface area contributed by atoms with Crippen molar-refractivity contribution in [2.45, 2.75) is 31.9 Å². The highest BCUT2D eigenvalue weighted by atomic mass is 19.4. The minimum atomic E-state index is -4.30. The van der Waals surface area contributed by atoms with Crippen molar-refractivity contribution in [1.29, 1.82) is 0 Å². The van der Waals surface area contributed by atoms with Crippen LogP contribution in [0.25, 0.3) is 11.1 Å². The lowest BCUT2D eigenvalue weighted by Crippen LogP contribution is -2.47. The number of carbonyl (C=O) groups is 2. The molecule has 8 heteroatoms. The standard InChI is InChI=1S/C22H23F3N2O3/c23-22(24,25)17-10-6-9-16(13-17)21(29)27-26-20(28)14-30-19-12-5-4-11-18(19)15-7-2-1-3-8-15/h1-5,7-8,11-12,16-17H,6,9-10,13-14H2,(H,26,28)(H,27,29)/t16-,17-/m1/s1. The number of hydrogen-bond acceptors (Lipinski definition) is 3. The molecule has 1 fully saturated rings. The number of amides is 2. The van der Waals surface area contributed by atoms with Crippen LogP contribution in [-0.2, 0) is 9.59 Å². The van der Waals surface area contributed by atoms with Crippen LogP contribution in [0.15, 0.2) is 54.6 Å². The Morgan fingerprint density at radius 1 is 0.967 bits per heavy atom. The van der Waals surface area contributed by atoms with Crippen LogP contribution in [0.4, 0.5) is 13.2 Å². The number of carbonyl (C=O) groups excluding carboxylic acids is 2. The van der Waals surface area contributed by atoms with Gasteiger partial charge in [0, 0.05) is 11.5 Å². The van der Waals surface area contributed by atoms with Gasteiger partial charge in [-0.1, -0.05) is 55.0 Å². The summed E-state index contributed by atoms with van der Waals surface area (Å²) in [5.74, 6) is -2.96. The van der Waals surface area contributed by atoms with Crippen molar-refractivity contribution in [2.24, 2.45) is 11.8 Å². The Hall–Kier alpha value is -3.03. The van der Waals surface area contributed by atoms with E-state index in [0.29, 0.717) is 18.6 Å². The second-order valence-electron chi connectivity index (χ2n) is 7.29. The van der Waals surface area contributed by atoms with Gasteiger partial charge < -0.3 is 4.74 Å². The second-order valence-corrected chi connectivity index (χ2v) is 7.29. The van der Waals surface area contributed by atoms with Gasteiger partial charge >= 0.3 is 6.18 Å². The van der Waals surface area contributed by atoms with E-state index >= 15 is 0 Å². The summed E-state index contributed by atoms with van der Waals surface area (Å²) in [4.78, 5) is 24.2. The summed E-state index contributed by atoms with van der Waals surface area (Å²) in [7, 11) is 0. The Kier molecular flexibility index (Phi) is 6.97. The summed E-state index contributed by atoms with van der Waals surface area (Å²) in [6.45, 7) is -0.347. The molecule has 0 saturated heterocycles. The minimum absolute atomic E-state index is 0.0360. The third kappa shape index (κ3) is 5.75. The van der Waals surface area contributed by atoms with Crippen molar-refractivity contribution in [2.75, 3.05) is 6.61 Å². The lowest BCUT2D eigenvalue weighted by molar-refractivity contribution is -0.186. The van der Waals surface area contributed by atoms with Crippen LogP contribution in [0.1, 0.15) is 25.7 Å². The van der Waals surface area contributed by atoms with Crippen LogP contribution in [0.5, 0.6) is 5.75 Å². The fraction of sp³-hybridized carbons (Fsp3) is 0.364. The van der Waals surface area contributed by atoms with Crippen LogP contribution in [0.3, 0.4) is 0 Å². The first-order chi connectivity index (χ1) is 14.3. The van der Waals surface area contributed by atoms with E-state index in [1.165, 1.54) is 0 Å². The number of rotatable bonds is 5. The molecule has 0 heterocycles. The van der Waals surface area contributed by atoms with E-state index in [-0.39, 0.29) is 19.4 Å². The predicted molar refractivity (Wildman–Crippen MR) is 105 cm³/mol. The van der Waals surface area contributed by atoms with Gasteiger partial charge in [-0.15, -0.1) is 0 Å². The molecule has 160 valence electrons. The smallest absolute Gasteiger partial charge is 0.391 e. The molecule has 1 saturated carbocycles. The molecule has 2 amide bonds. The minimum Gasteiger partial charge on any atom is -0.483 e. The molecular weight excluding hydrogens is 397 g/mol. The van der Waals surface area contributed by atoms with Gasteiger partial charge in [-0.2, -0.15) is 13.2 Å². The molecule has 1 aliphatic carbocycles. The fourth-order valence-corrected chi connectivity index (χ4v) is 3.59. The molecule has 2 N–H and O–H groups in total. The van der Waals surface area contributed by atoms with E-state index < -0.39 is 29.8 Å². The zero-order valence-electron chi connectivity index (χ0n) is 16.2. The highest BCUT2D eigenvalue weighted by Gasteiger charge is 2.43. The molecule has 0 unspecified atom stereocenters. The lowest BCUT2D eigenvalue weighted by atomic mass is 9.80. The average molecular weight is 420 g/mol. The molecule has 0 aliphatic heterocycles. The molecule has 0 aromatic heterocycles. The van der Waals surface area contributed by atoms with Crippen LogP contribution in [0.2, 0.25) is 0 Å². The second kappa shape index (κ2) is 9.65. The van der Waals surface area contributed by atoms with E-state index in [0.717, 1.165) is 11.1 Å². The van der Waals surface area contributed by atoms with E-state index in [4.69, 9.17) is 4.74 Å². The fourth-order valence-electron chi connectivity index (χ4n) is 3.59. The van der Waals surface area contributed by atoms with Crippen molar-refractivity contribution >= 4 is 11.8 Å². The van der Waals surface area contributed by atoms with Gasteiger partial charge in [0.05, 0.1) is 5.92 Å². The van der Waals surface area contributed by atoms with Gasteiger partial charge in [0.15, 0.2) is 6.61 Å². The van der Waals surface area contributed by atoms with Crippen molar-refractivity contribution in [3.8, 4) is 16.9 Å². The maximum atomic E-state index is 12.9. The molecule has 5 nitrogen and oxygen atoms in total. The van der Waals surface area contributed by atoms with E-state index in [1.807, 2.05) is 42.5 Å². The third-order valence-electron chi connectivity index (χ3n) is 5.16. The van der Waals surface area contributed by atoms with Crippen LogP contribution < -0.4 is 15.6 Å². The molecule has 3 rings (SSSR count). The van der Waals surface area contributed by atoms with Crippen molar-refractivity contribution in [3.05, 3.63) is 54.6 Å². The topological polar surface area (TPSA) is 67.4 Å². The van der Waals surface area contributed by atoms with Gasteiger partial charge in [-0.3, -0.25) is 20.4 Å². The summed E-state index contributed by atoms with van der Waals surface area (Å²) >= 11 is 0. The largest absolute Gasteiger partial charge is 0.483 e. The number of benzene rings is 2. The first-order valence-corrected chi connectivity index (χ1v) is 9.77. The van der Waals surface area contributed by atoms with E-state index in [2.05, 4.69) is 10.9 Å². The number of halogens is 3. The Bertz CT molecular complexity index is 871. The molecule has 2 atom stereocenters. The third-order valence-corrected chi connectivity index (χ3v) is 5.16. The molecule has 1 aliphatic rings. The number of nitrogens with one attached hydrogen (secondary N) is 2. The zero-order chi connectivity index (χ0) is 21.6. The van der Waals surface area contributed by atoms with E-state index in [1.54, 1.807) is 12.1 Å². The van der Waals surface area contributed by atoms with Crippen molar-refractivity contribution < 1.29 is 27.5 Å². The predicted octanol–water partition coefficient (Wildman–Crippen LogP) is 4.25. The maximum absolute atomic E-state index is 12.9. The van der Waals surface area contributed by atoms with Crippen molar-refractivity contribution in [1.82, 2.24) is 10.9 Å². The number of para-hydroxylation sites is 1. The Balaban J connectivity index is 1.50. The average Bonchev–Trinajstić information content (AvgIpc) is 2.76. The van der Waals surface area contributed by atoms with Gasteiger partial charge in [-0.25, -0.2) is 0 Å². The monoisotopic (exact) mass is 420 g/mol. The summed E-state index contributed by atoms with van der Waals surface area (Å²) in [6.07, 6.45) is -3.83. The van der Waals surface area contributed by atoms with E-state index in [9.17, 15) is 22.8 Å². The van der Waals surface area contributed by atoms with Gasteiger partial charge in [0.1, 0.15) is 5.75 Å². The quantitative estimate of drug-likeness (QED) is 0.711. The first-order valence-electron chi connectivity index (χ1n) is 9.77. The highest BCUT2D eigenvalue weighted by Crippen LogP contribution is 2.39. The molecule has 0 radical (unpaired) electrons. The van der Waals surface area contributed by atoms with Gasteiger partial charge in [-0.05, 0) is 30.9 Å². The summed E-state index contributed by atoms with van der Waals surface area (Å²) in [5, 5.41) is 0. The van der Waals surface area contributed by atoms with Gasteiger partial charge in [0.2, 0.25) is 5.91 Å². The van der Waals surface area contributed by atoms with Crippen LogP contribution >= 0.6 is 0 Å². The lowest BCUT2D eigenvalue weighted by Gasteiger charge is -2.29. The zero-order valence-corrected chi connectivity index (χ0v) is 16.2. The molecule has 30 heavy (non-hydrogen) atoms. The van der Waals surface area contributed by atoms with Crippen molar-refractivity contribution in [3.63, 3.8) is 0 Å². The SMILES string of the molecule is O=C(COc1ccccc1-c1ccccc1)NNC(=O)[C@@H]1CCC[C@@H](C(F)(F)F)C1. The van der Waals surface area contributed by atoms with Gasteiger partial charge in [0.25, 0.3) is 5.91 Å².